The number of hydrogen-bond acceptors (Lipinski definition) is 3. The molecule has 0 aliphatic carbocycles. The second kappa shape index (κ2) is 5.14. The largest absolute Gasteiger partial charge is 0.493 e. The van der Waals surface area contributed by atoms with Crippen molar-refractivity contribution >= 4 is 29.1 Å². The van der Waals surface area contributed by atoms with Gasteiger partial charge in [-0.1, -0.05) is 11.6 Å². The second-order valence-electron chi connectivity index (χ2n) is 4.86. The minimum atomic E-state index is 0.228. The van der Waals surface area contributed by atoms with Crippen LogP contribution >= 0.6 is 23.4 Å². The van der Waals surface area contributed by atoms with Gasteiger partial charge in [-0.3, -0.25) is 4.79 Å². The average molecular weight is 283 g/mol. The van der Waals surface area contributed by atoms with Gasteiger partial charge in [0.1, 0.15) is 11.5 Å². The molecule has 1 aromatic rings. The van der Waals surface area contributed by atoms with Crippen molar-refractivity contribution in [3.63, 3.8) is 0 Å². The van der Waals surface area contributed by atoms with Crippen LogP contribution in [0, 0.1) is 5.92 Å². The average Bonchev–Trinajstić information content (AvgIpc) is 2.98. The number of Topliss-reactive ketones (excluding diaryl/α,β-unsaturated/α-hetero) is 1. The summed E-state index contributed by atoms with van der Waals surface area (Å²) in [6.07, 6.45) is 2.39. The number of carbonyl (C=O) groups is 1. The number of halogens is 1. The van der Waals surface area contributed by atoms with Gasteiger partial charge in [-0.2, -0.15) is 11.8 Å². The number of hydrogen-bond donors (Lipinski definition) is 0. The van der Waals surface area contributed by atoms with E-state index in [1.54, 1.807) is 0 Å². The summed E-state index contributed by atoms with van der Waals surface area (Å²) < 4.78 is 5.63. The van der Waals surface area contributed by atoms with Gasteiger partial charge in [0, 0.05) is 35.1 Å². The Balaban J connectivity index is 1.82. The van der Waals surface area contributed by atoms with Gasteiger partial charge in [0.2, 0.25) is 0 Å². The summed E-state index contributed by atoms with van der Waals surface area (Å²) in [5, 5.41) is 0.711. The van der Waals surface area contributed by atoms with Crippen LogP contribution in [0.2, 0.25) is 5.02 Å². The lowest BCUT2D eigenvalue weighted by molar-refractivity contribution is -0.121. The molecule has 4 heteroatoms. The van der Waals surface area contributed by atoms with Gasteiger partial charge in [0.15, 0.2) is 0 Å². The Morgan fingerprint density at radius 3 is 3.17 bits per heavy atom. The highest BCUT2D eigenvalue weighted by atomic mass is 35.5. The van der Waals surface area contributed by atoms with Crippen LogP contribution in [0.1, 0.15) is 17.5 Å². The molecule has 1 unspecified atom stereocenters. The highest BCUT2D eigenvalue weighted by Crippen LogP contribution is 2.34. The minimum absolute atomic E-state index is 0.228. The molecule has 2 aliphatic rings. The van der Waals surface area contributed by atoms with Crippen LogP contribution in [0.15, 0.2) is 12.1 Å². The highest BCUT2D eigenvalue weighted by molar-refractivity contribution is 7.99. The lowest BCUT2D eigenvalue weighted by atomic mass is 9.96. The van der Waals surface area contributed by atoms with Crippen LogP contribution in [0.3, 0.4) is 0 Å². The van der Waals surface area contributed by atoms with E-state index in [0.29, 0.717) is 23.8 Å². The molecule has 0 bridgehead atoms. The molecule has 0 saturated carbocycles. The van der Waals surface area contributed by atoms with Gasteiger partial charge >= 0.3 is 0 Å². The third-order valence-corrected chi connectivity index (χ3v) is 4.96. The normalized spacial score (nSPS) is 21.7. The summed E-state index contributed by atoms with van der Waals surface area (Å²) in [4.78, 5) is 12.2. The quantitative estimate of drug-likeness (QED) is 0.852. The molecule has 96 valence electrons. The molecule has 1 fully saturated rings. The maximum Gasteiger partial charge on any atom is 0.141 e. The van der Waals surface area contributed by atoms with Gasteiger partial charge in [0.25, 0.3) is 0 Å². The van der Waals surface area contributed by atoms with Crippen LogP contribution in [0.25, 0.3) is 0 Å². The molecule has 0 radical (unpaired) electrons. The summed E-state index contributed by atoms with van der Waals surface area (Å²) in [5.74, 6) is 3.55. The molecule has 0 aromatic heterocycles. The van der Waals surface area contributed by atoms with Crippen molar-refractivity contribution in [3.05, 3.63) is 28.3 Å². The molecular weight excluding hydrogens is 268 g/mol. The third kappa shape index (κ3) is 2.39. The highest BCUT2D eigenvalue weighted by Gasteiger charge is 2.25. The number of ketones is 1. The summed E-state index contributed by atoms with van der Waals surface area (Å²) in [6, 6.07) is 3.83. The first-order valence-corrected chi connectivity index (χ1v) is 7.82. The van der Waals surface area contributed by atoms with E-state index in [0.717, 1.165) is 41.2 Å². The Bertz CT molecular complexity index is 481. The molecule has 2 nitrogen and oxygen atoms in total. The summed E-state index contributed by atoms with van der Waals surface area (Å²) in [6.45, 7) is 0.705. The van der Waals surface area contributed by atoms with E-state index in [2.05, 4.69) is 0 Å². The van der Waals surface area contributed by atoms with E-state index in [1.807, 2.05) is 23.9 Å². The third-order valence-electron chi connectivity index (χ3n) is 3.58. The van der Waals surface area contributed by atoms with Crippen LogP contribution in [-0.4, -0.2) is 23.9 Å². The van der Waals surface area contributed by atoms with Crippen LogP contribution < -0.4 is 4.74 Å². The zero-order chi connectivity index (χ0) is 12.5. The van der Waals surface area contributed by atoms with Crippen molar-refractivity contribution < 1.29 is 9.53 Å². The summed E-state index contributed by atoms with van der Waals surface area (Å²) >= 11 is 7.97. The predicted molar refractivity (Wildman–Crippen MR) is 74.8 cm³/mol. The SMILES string of the molecule is O=C(Cc1cc(Cl)cc2c1OCC2)C1CCSC1. The molecule has 1 saturated heterocycles. The Kier molecular flexibility index (Phi) is 3.53. The zero-order valence-electron chi connectivity index (χ0n) is 10.1. The van der Waals surface area contributed by atoms with Gasteiger partial charge in [-0.05, 0) is 29.9 Å². The van der Waals surface area contributed by atoms with Gasteiger partial charge in [-0.15, -0.1) is 0 Å². The van der Waals surface area contributed by atoms with E-state index in [1.165, 1.54) is 0 Å². The number of rotatable bonds is 3. The van der Waals surface area contributed by atoms with E-state index >= 15 is 0 Å². The van der Waals surface area contributed by atoms with Crippen molar-refractivity contribution in [1.29, 1.82) is 0 Å². The number of thioether (sulfide) groups is 1. The molecule has 2 aliphatic heterocycles. The Hall–Kier alpha value is -0.670. The number of ether oxygens (including phenoxy) is 1. The zero-order valence-corrected chi connectivity index (χ0v) is 11.6. The van der Waals surface area contributed by atoms with Crippen molar-refractivity contribution in [3.8, 4) is 5.75 Å². The molecule has 2 heterocycles. The monoisotopic (exact) mass is 282 g/mol. The fourth-order valence-corrected chi connectivity index (χ4v) is 4.12. The number of benzene rings is 1. The molecule has 0 spiro atoms. The topological polar surface area (TPSA) is 26.3 Å². The molecule has 18 heavy (non-hydrogen) atoms. The van der Waals surface area contributed by atoms with E-state index < -0.39 is 0 Å². The Morgan fingerprint density at radius 2 is 2.39 bits per heavy atom. The fraction of sp³-hybridized carbons (Fsp3) is 0.500. The second-order valence-corrected chi connectivity index (χ2v) is 6.44. The first kappa shape index (κ1) is 12.4. The first-order valence-electron chi connectivity index (χ1n) is 6.28. The minimum Gasteiger partial charge on any atom is -0.493 e. The van der Waals surface area contributed by atoms with E-state index in [-0.39, 0.29) is 5.92 Å². The molecule has 0 amide bonds. The van der Waals surface area contributed by atoms with Crippen molar-refractivity contribution in [2.75, 3.05) is 18.1 Å². The molecular formula is C14H15ClO2S. The van der Waals surface area contributed by atoms with Gasteiger partial charge < -0.3 is 4.74 Å². The smallest absolute Gasteiger partial charge is 0.141 e. The predicted octanol–water partition coefficient (Wildman–Crippen LogP) is 3.14. The number of fused-ring (bicyclic) bond motifs is 1. The van der Waals surface area contributed by atoms with Crippen molar-refractivity contribution in [2.24, 2.45) is 5.92 Å². The molecule has 3 rings (SSSR count). The Morgan fingerprint density at radius 1 is 1.50 bits per heavy atom. The fourth-order valence-electron chi connectivity index (χ4n) is 2.60. The molecule has 1 atom stereocenters. The van der Waals surface area contributed by atoms with Crippen molar-refractivity contribution in [1.82, 2.24) is 0 Å². The van der Waals surface area contributed by atoms with E-state index in [9.17, 15) is 4.79 Å². The number of carbonyl (C=O) groups excluding carboxylic acids is 1. The first-order chi connectivity index (χ1) is 8.74. The van der Waals surface area contributed by atoms with Crippen LogP contribution in [-0.2, 0) is 17.6 Å². The maximum atomic E-state index is 12.2. The van der Waals surface area contributed by atoms with Crippen molar-refractivity contribution in [2.45, 2.75) is 19.3 Å². The van der Waals surface area contributed by atoms with Crippen LogP contribution in [0.5, 0.6) is 5.75 Å². The van der Waals surface area contributed by atoms with Gasteiger partial charge in [0.05, 0.1) is 6.61 Å². The molecule has 0 N–H and O–H groups in total. The molecule has 1 aromatic carbocycles. The maximum absolute atomic E-state index is 12.2. The lowest BCUT2D eigenvalue weighted by Crippen LogP contribution is -2.16. The summed E-state index contributed by atoms with van der Waals surface area (Å²) in [5.41, 5.74) is 2.11. The van der Waals surface area contributed by atoms with Crippen LogP contribution in [0.4, 0.5) is 0 Å². The standard InChI is InChI=1S/C14H15ClO2S/c15-12-5-9-1-3-17-14(9)11(6-12)7-13(16)10-2-4-18-8-10/h5-6,10H,1-4,7-8H2. The lowest BCUT2D eigenvalue weighted by Gasteiger charge is -2.11. The van der Waals surface area contributed by atoms with Gasteiger partial charge in [-0.25, -0.2) is 0 Å². The van der Waals surface area contributed by atoms with E-state index in [4.69, 9.17) is 16.3 Å². The Labute approximate surface area is 116 Å². The summed E-state index contributed by atoms with van der Waals surface area (Å²) in [7, 11) is 0.